The Morgan fingerprint density at radius 3 is 2.75 bits per heavy atom. The van der Waals surface area contributed by atoms with Gasteiger partial charge in [0.15, 0.2) is 0 Å². The van der Waals surface area contributed by atoms with Crippen molar-refractivity contribution in [2.75, 3.05) is 46.4 Å². The molecule has 0 aromatic carbocycles. The largest absolute Gasteiger partial charge is 0.379 e. The van der Waals surface area contributed by atoms with Crippen molar-refractivity contribution in [3.63, 3.8) is 0 Å². The molecule has 2 aromatic rings. The molecule has 8 heteroatoms. The van der Waals surface area contributed by atoms with E-state index in [0.717, 1.165) is 30.2 Å². The lowest BCUT2D eigenvalue weighted by Gasteiger charge is -2.34. The monoisotopic (exact) mass is 386 g/mol. The third kappa shape index (κ3) is 5.30. The standard InChI is InChI=1S/C20H30N6O2/c1-16-14-17(2)26(23-16)9-8-24(3)20(27)22-15-19(18-6-4-5-7-21-18)25-10-12-28-13-11-25/h4-7,14,19H,8-13,15H2,1-3H3,(H,22,27). The number of morpholine rings is 1. The van der Waals surface area contributed by atoms with Crippen LogP contribution in [0.2, 0.25) is 0 Å². The van der Waals surface area contributed by atoms with Crippen molar-refractivity contribution in [2.24, 2.45) is 0 Å². The number of amides is 2. The van der Waals surface area contributed by atoms with Crippen LogP contribution in [0, 0.1) is 13.8 Å². The second kappa shape index (κ2) is 9.66. The van der Waals surface area contributed by atoms with Gasteiger partial charge in [-0.3, -0.25) is 14.6 Å². The molecule has 1 atom stereocenters. The Morgan fingerprint density at radius 2 is 2.11 bits per heavy atom. The number of hydrogen-bond donors (Lipinski definition) is 1. The van der Waals surface area contributed by atoms with Crippen molar-refractivity contribution in [3.8, 4) is 0 Å². The van der Waals surface area contributed by atoms with Crippen LogP contribution in [0.15, 0.2) is 30.5 Å². The van der Waals surface area contributed by atoms with Crippen LogP contribution in [0.1, 0.15) is 23.1 Å². The first kappa shape index (κ1) is 20.3. The fraction of sp³-hybridized carbons (Fsp3) is 0.550. The average Bonchev–Trinajstić information content (AvgIpc) is 3.04. The first-order chi connectivity index (χ1) is 13.5. The quantitative estimate of drug-likeness (QED) is 0.782. The predicted molar refractivity (Wildman–Crippen MR) is 107 cm³/mol. The zero-order valence-electron chi connectivity index (χ0n) is 17.0. The van der Waals surface area contributed by atoms with Gasteiger partial charge < -0.3 is 15.0 Å². The summed E-state index contributed by atoms with van der Waals surface area (Å²) >= 11 is 0. The minimum Gasteiger partial charge on any atom is -0.379 e. The first-order valence-electron chi connectivity index (χ1n) is 9.77. The fourth-order valence-corrected chi connectivity index (χ4v) is 3.45. The third-order valence-corrected chi connectivity index (χ3v) is 5.06. The number of carbonyl (C=O) groups excluding carboxylic acids is 1. The Kier molecular flexibility index (Phi) is 7.00. The van der Waals surface area contributed by atoms with Gasteiger partial charge in [0.05, 0.1) is 37.2 Å². The first-order valence-corrected chi connectivity index (χ1v) is 9.77. The molecule has 1 saturated heterocycles. The predicted octanol–water partition coefficient (Wildman–Crippen LogP) is 1.61. The van der Waals surface area contributed by atoms with E-state index in [0.29, 0.717) is 32.8 Å². The number of aromatic nitrogens is 3. The molecule has 2 amide bonds. The van der Waals surface area contributed by atoms with Crippen LogP contribution >= 0.6 is 0 Å². The summed E-state index contributed by atoms with van der Waals surface area (Å²) in [6, 6.07) is 7.90. The number of hydrogen-bond acceptors (Lipinski definition) is 5. The van der Waals surface area contributed by atoms with Crippen LogP contribution < -0.4 is 5.32 Å². The minimum absolute atomic E-state index is 0.0402. The SMILES string of the molecule is Cc1cc(C)n(CCN(C)C(=O)NCC(c2ccccn2)N2CCOCC2)n1. The maximum atomic E-state index is 12.6. The normalized spacial score (nSPS) is 16.0. The van der Waals surface area contributed by atoms with Crippen molar-refractivity contribution in [3.05, 3.63) is 47.5 Å². The molecule has 0 bridgehead atoms. The zero-order valence-corrected chi connectivity index (χ0v) is 17.0. The maximum Gasteiger partial charge on any atom is 0.317 e. The summed E-state index contributed by atoms with van der Waals surface area (Å²) in [5.74, 6) is 0. The van der Waals surface area contributed by atoms with Crippen LogP contribution in [0.5, 0.6) is 0 Å². The maximum absolute atomic E-state index is 12.6. The smallest absolute Gasteiger partial charge is 0.317 e. The molecule has 0 saturated carbocycles. The van der Waals surface area contributed by atoms with Crippen LogP contribution in [-0.4, -0.2) is 77.0 Å². The van der Waals surface area contributed by atoms with Gasteiger partial charge in [-0.05, 0) is 32.0 Å². The van der Waals surface area contributed by atoms with E-state index in [1.807, 2.05) is 49.8 Å². The Labute approximate surface area is 166 Å². The van der Waals surface area contributed by atoms with Crippen molar-refractivity contribution in [1.82, 2.24) is 29.9 Å². The Balaban J connectivity index is 1.55. The van der Waals surface area contributed by atoms with Crippen LogP contribution in [0.3, 0.4) is 0 Å². The van der Waals surface area contributed by atoms with E-state index in [-0.39, 0.29) is 12.1 Å². The number of pyridine rings is 1. The molecule has 8 nitrogen and oxygen atoms in total. The molecule has 1 unspecified atom stereocenters. The van der Waals surface area contributed by atoms with Crippen molar-refractivity contribution >= 4 is 6.03 Å². The molecule has 1 fully saturated rings. The number of aryl methyl sites for hydroxylation is 2. The Hall–Kier alpha value is -2.45. The van der Waals surface area contributed by atoms with E-state index >= 15 is 0 Å². The number of rotatable bonds is 7. The molecule has 1 aliphatic heterocycles. The highest BCUT2D eigenvalue weighted by molar-refractivity contribution is 5.73. The van der Waals surface area contributed by atoms with Crippen molar-refractivity contribution in [1.29, 1.82) is 0 Å². The number of ether oxygens (including phenoxy) is 1. The lowest BCUT2D eigenvalue weighted by Crippen LogP contribution is -2.46. The summed E-state index contributed by atoms with van der Waals surface area (Å²) < 4.78 is 7.40. The van der Waals surface area contributed by atoms with Gasteiger partial charge in [-0.15, -0.1) is 0 Å². The van der Waals surface area contributed by atoms with Gasteiger partial charge in [0.1, 0.15) is 0 Å². The van der Waals surface area contributed by atoms with Gasteiger partial charge in [0, 0.05) is 45.1 Å². The van der Waals surface area contributed by atoms with Crippen LogP contribution in [-0.2, 0) is 11.3 Å². The highest BCUT2D eigenvalue weighted by atomic mass is 16.5. The number of nitrogens with one attached hydrogen (secondary N) is 1. The molecule has 1 N–H and O–H groups in total. The van der Waals surface area contributed by atoms with Crippen molar-refractivity contribution < 1.29 is 9.53 Å². The average molecular weight is 387 g/mol. The number of urea groups is 1. The summed E-state index contributed by atoms with van der Waals surface area (Å²) in [6.07, 6.45) is 1.80. The van der Waals surface area contributed by atoms with Crippen molar-refractivity contribution in [2.45, 2.75) is 26.4 Å². The molecule has 0 aliphatic carbocycles. The number of nitrogens with zero attached hydrogens (tertiary/aromatic N) is 5. The van der Waals surface area contributed by atoms with E-state index in [9.17, 15) is 4.79 Å². The van der Waals surface area contributed by atoms with Gasteiger partial charge >= 0.3 is 6.03 Å². The lowest BCUT2D eigenvalue weighted by molar-refractivity contribution is 0.0156. The van der Waals surface area contributed by atoms with E-state index in [4.69, 9.17) is 4.74 Å². The second-order valence-electron chi connectivity index (χ2n) is 7.18. The van der Waals surface area contributed by atoms with E-state index in [2.05, 4.69) is 20.3 Å². The number of carbonyl (C=O) groups is 1. The molecule has 0 spiro atoms. The molecule has 152 valence electrons. The summed E-state index contributed by atoms with van der Waals surface area (Å²) in [7, 11) is 1.81. The van der Waals surface area contributed by atoms with Gasteiger partial charge in [0.25, 0.3) is 0 Å². The molecule has 0 radical (unpaired) electrons. The molecule has 3 rings (SSSR count). The van der Waals surface area contributed by atoms with Gasteiger partial charge in [-0.2, -0.15) is 5.10 Å². The van der Waals surface area contributed by atoms with E-state index in [1.54, 1.807) is 11.1 Å². The van der Waals surface area contributed by atoms with E-state index in [1.165, 1.54) is 0 Å². The van der Waals surface area contributed by atoms with Gasteiger partial charge in [-0.1, -0.05) is 6.07 Å². The van der Waals surface area contributed by atoms with Crippen LogP contribution in [0.25, 0.3) is 0 Å². The summed E-state index contributed by atoms with van der Waals surface area (Å²) in [6.45, 7) is 8.88. The summed E-state index contributed by atoms with van der Waals surface area (Å²) in [5, 5.41) is 7.52. The minimum atomic E-state index is -0.0873. The second-order valence-corrected chi connectivity index (χ2v) is 7.18. The topological polar surface area (TPSA) is 75.5 Å². The highest BCUT2D eigenvalue weighted by Crippen LogP contribution is 2.19. The number of likely N-dealkylation sites (N-methyl/N-ethyl adjacent to an activating group) is 1. The molecular weight excluding hydrogens is 356 g/mol. The molecular formula is C20H30N6O2. The Morgan fingerprint density at radius 1 is 1.32 bits per heavy atom. The highest BCUT2D eigenvalue weighted by Gasteiger charge is 2.24. The van der Waals surface area contributed by atoms with Crippen LogP contribution in [0.4, 0.5) is 4.79 Å². The molecule has 1 aliphatic rings. The zero-order chi connectivity index (χ0) is 19.9. The Bertz CT molecular complexity index is 757. The molecule has 3 heterocycles. The van der Waals surface area contributed by atoms with Gasteiger partial charge in [0.2, 0.25) is 0 Å². The lowest BCUT2D eigenvalue weighted by atomic mass is 10.1. The molecule has 2 aromatic heterocycles. The summed E-state index contributed by atoms with van der Waals surface area (Å²) in [5.41, 5.74) is 3.07. The fourth-order valence-electron chi connectivity index (χ4n) is 3.45. The summed E-state index contributed by atoms with van der Waals surface area (Å²) in [4.78, 5) is 21.1. The van der Waals surface area contributed by atoms with E-state index < -0.39 is 0 Å². The third-order valence-electron chi connectivity index (χ3n) is 5.06. The van der Waals surface area contributed by atoms with Gasteiger partial charge in [-0.25, -0.2) is 4.79 Å². The molecule has 28 heavy (non-hydrogen) atoms.